The Morgan fingerprint density at radius 3 is 2.44 bits per heavy atom. The molecule has 0 bridgehead atoms. The molecule has 0 atom stereocenters. The minimum Gasteiger partial charge on any atom is -0.496 e. The zero-order chi connectivity index (χ0) is 13.8. The van der Waals surface area contributed by atoms with Crippen molar-refractivity contribution in [3.05, 3.63) is 29.8 Å². The average Bonchev–Trinajstić information content (AvgIpc) is 2.34. The SMILES string of the molecule is COc1ccccc1CCN(C)C(=O)C(C)(C)C. The predicted molar refractivity (Wildman–Crippen MR) is 73.8 cm³/mol. The molecule has 0 aromatic heterocycles. The molecule has 0 aliphatic heterocycles. The number of para-hydroxylation sites is 1. The highest BCUT2D eigenvalue weighted by Crippen LogP contribution is 2.20. The number of nitrogens with zero attached hydrogens (tertiary/aromatic N) is 1. The molecule has 0 aliphatic carbocycles. The molecule has 1 aromatic carbocycles. The molecule has 0 unspecified atom stereocenters. The largest absolute Gasteiger partial charge is 0.496 e. The van der Waals surface area contributed by atoms with Gasteiger partial charge in [0.15, 0.2) is 0 Å². The van der Waals surface area contributed by atoms with Crippen LogP contribution in [0.1, 0.15) is 26.3 Å². The van der Waals surface area contributed by atoms with E-state index in [1.165, 1.54) is 0 Å². The van der Waals surface area contributed by atoms with Crippen molar-refractivity contribution >= 4 is 5.91 Å². The fourth-order valence-corrected chi connectivity index (χ4v) is 1.87. The fraction of sp³-hybridized carbons (Fsp3) is 0.533. The van der Waals surface area contributed by atoms with Gasteiger partial charge in [0.2, 0.25) is 5.91 Å². The molecule has 0 spiro atoms. The Labute approximate surface area is 110 Å². The van der Waals surface area contributed by atoms with Crippen molar-refractivity contribution in [3.63, 3.8) is 0 Å². The van der Waals surface area contributed by atoms with Gasteiger partial charge in [-0.3, -0.25) is 4.79 Å². The molecule has 100 valence electrons. The molecule has 0 heterocycles. The van der Waals surface area contributed by atoms with E-state index in [4.69, 9.17) is 4.74 Å². The number of benzene rings is 1. The fourth-order valence-electron chi connectivity index (χ4n) is 1.87. The van der Waals surface area contributed by atoms with Crippen LogP contribution in [-0.2, 0) is 11.2 Å². The van der Waals surface area contributed by atoms with Crippen molar-refractivity contribution in [3.8, 4) is 5.75 Å². The number of rotatable bonds is 4. The van der Waals surface area contributed by atoms with Gasteiger partial charge in [0.05, 0.1) is 7.11 Å². The lowest BCUT2D eigenvalue weighted by atomic mass is 9.95. The third kappa shape index (κ3) is 3.76. The van der Waals surface area contributed by atoms with Crippen LogP contribution in [0.5, 0.6) is 5.75 Å². The van der Waals surface area contributed by atoms with Crippen LogP contribution in [0.3, 0.4) is 0 Å². The Morgan fingerprint density at radius 2 is 1.89 bits per heavy atom. The van der Waals surface area contributed by atoms with Crippen molar-refractivity contribution in [2.24, 2.45) is 5.41 Å². The van der Waals surface area contributed by atoms with Crippen LogP contribution in [0.15, 0.2) is 24.3 Å². The first-order chi connectivity index (χ1) is 8.36. The Balaban J connectivity index is 2.63. The van der Waals surface area contributed by atoms with E-state index in [1.807, 2.05) is 52.1 Å². The van der Waals surface area contributed by atoms with E-state index >= 15 is 0 Å². The van der Waals surface area contributed by atoms with E-state index in [0.717, 1.165) is 17.7 Å². The van der Waals surface area contributed by atoms with E-state index in [9.17, 15) is 4.79 Å². The normalized spacial score (nSPS) is 11.2. The highest BCUT2D eigenvalue weighted by molar-refractivity contribution is 5.81. The number of amides is 1. The van der Waals surface area contributed by atoms with Crippen LogP contribution in [-0.4, -0.2) is 31.5 Å². The monoisotopic (exact) mass is 249 g/mol. The first-order valence-electron chi connectivity index (χ1n) is 6.23. The van der Waals surface area contributed by atoms with Crippen LogP contribution < -0.4 is 4.74 Å². The average molecular weight is 249 g/mol. The summed E-state index contributed by atoms with van der Waals surface area (Å²) in [5.74, 6) is 1.05. The molecular weight excluding hydrogens is 226 g/mol. The van der Waals surface area contributed by atoms with Gasteiger partial charge in [-0.05, 0) is 18.1 Å². The van der Waals surface area contributed by atoms with Crippen LogP contribution in [0.25, 0.3) is 0 Å². The quantitative estimate of drug-likeness (QED) is 0.821. The summed E-state index contributed by atoms with van der Waals surface area (Å²) in [6.45, 7) is 6.52. The zero-order valence-corrected chi connectivity index (χ0v) is 12.0. The maximum absolute atomic E-state index is 12.0. The molecule has 0 saturated carbocycles. The molecule has 0 N–H and O–H groups in total. The first-order valence-corrected chi connectivity index (χ1v) is 6.23. The number of ether oxygens (including phenoxy) is 1. The van der Waals surface area contributed by atoms with E-state index in [-0.39, 0.29) is 11.3 Å². The molecule has 1 rings (SSSR count). The predicted octanol–water partition coefficient (Wildman–Crippen LogP) is 2.74. The topological polar surface area (TPSA) is 29.5 Å². The third-order valence-electron chi connectivity index (χ3n) is 2.90. The summed E-state index contributed by atoms with van der Waals surface area (Å²) in [4.78, 5) is 13.8. The van der Waals surface area contributed by atoms with E-state index < -0.39 is 0 Å². The molecule has 3 heteroatoms. The summed E-state index contributed by atoms with van der Waals surface area (Å²) in [6.07, 6.45) is 0.808. The van der Waals surface area contributed by atoms with Gasteiger partial charge in [-0.25, -0.2) is 0 Å². The molecular formula is C15H23NO2. The summed E-state index contributed by atoms with van der Waals surface area (Å²) < 4.78 is 5.30. The van der Waals surface area contributed by atoms with Gasteiger partial charge in [-0.2, -0.15) is 0 Å². The maximum Gasteiger partial charge on any atom is 0.227 e. The second-order valence-corrected chi connectivity index (χ2v) is 5.54. The summed E-state index contributed by atoms with van der Waals surface area (Å²) in [5, 5.41) is 0. The first kappa shape index (κ1) is 14.6. The van der Waals surface area contributed by atoms with Crippen LogP contribution >= 0.6 is 0 Å². The third-order valence-corrected chi connectivity index (χ3v) is 2.90. The number of carbonyl (C=O) groups excluding carboxylic acids is 1. The van der Waals surface area contributed by atoms with Crippen LogP contribution in [0, 0.1) is 5.41 Å². The number of carbonyl (C=O) groups is 1. The maximum atomic E-state index is 12.0. The number of hydrogen-bond donors (Lipinski definition) is 0. The molecule has 1 aromatic rings. The Bertz CT molecular complexity index is 407. The standard InChI is InChI=1S/C15H23NO2/c1-15(2,3)14(17)16(4)11-10-12-8-6-7-9-13(12)18-5/h6-9H,10-11H2,1-5H3. The van der Waals surface area contributed by atoms with Gasteiger partial charge in [0.1, 0.15) is 5.75 Å². The summed E-state index contributed by atoms with van der Waals surface area (Å²) in [7, 11) is 3.52. The molecule has 18 heavy (non-hydrogen) atoms. The highest BCUT2D eigenvalue weighted by atomic mass is 16.5. The minimum absolute atomic E-state index is 0.164. The lowest BCUT2D eigenvalue weighted by molar-refractivity contribution is -0.138. The Morgan fingerprint density at radius 1 is 1.28 bits per heavy atom. The number of likely N-dealkylation sites (N-methyl/N-ethyl adjacent to an activating group) is 1. The molecule has 3 nitrogen and oxygen atoms in total. The minimum atomic E-state index is -0.324. The van der Waals surface area contributed by atoms with E-state index in [2.05, 4.69) is 0 Å². The summed E-state index contributed by atoms with van der Waals surface area (Å²) in [6, 6.07) is 7.92. The second-order valence-electron chi connectivity index (χ2n) is 5.54. The molecule has 0 aliphatic rings. The van der Waals surface area contributed by atoms with Gasteiger partial charge in [-0.1, -0.05) is 39.0 Å². The number of methoxy groups -OCH3 is 1. The van der Waals surface area contributed by atoms with Crippen molar-refractivity contribution in [1.82, 2.24) is 4.90 Å². The van der Waals surface area contributed by atoms with E-state index in [1.54, 1.807) is 12.0 Å². The lowest BCUT2D eigenvalue weighted by Gasteiger charge is -2.26. The smallest absolute Gasteiger partial charge is 0.227 e. The van der Waals surface area contributed by atoms with Gasteiger partial charge < -0.3 is 9.64 Å². The van der Waals surface area contributed by atoms with Crippen LogP contribution in [0.2, 0.25) is 0 Å². The second kappa shape index (κ2) is 5.89. The van der Waals surface area contributed by atoms with E-state index in [0.29, 0.717) is 6.54 Å². The van der Waals surface area contributed by atoms with Crippen molar-refractivity contribution in [2.45, 2.75) is 27.2 Å². The summed E-state index contributed by atoms with van der Waals surface area (Å²) in [5.41, 5.74) is 0.809. The lowest BCUT2D eigenvalue weighted by Crippen LogP contribution is -2.37. The van der Waals surface area contributed by atoms with Gasteiger partial charge in [-0.15, -0.1) is 0 Å². The number of hydrogen-bond acceptors (Lipinski definition) is 2. The van der Waals surface area contributed by atoms with Gasteiger partial charge >= 0.3 is 0 Å². The highest BCUT2D eigenvalue weighted by Gasteiger charge is 2.24. The Hall–Kier alpha value is -1.51. The van der Waals surface area contributed by atoms with Crippen LogP contribution in [0.4, 0.5) is 0 Å². The Kier molecular flexibility index (Phi) is 4.76. The molecule has 0 radical (unpaired) electrons. The van der Waals surface area contributed by atoms with Crippen molar-refractivity contribution in [1.29, 1.82) is 0 Å². The summed E-state index contributed by atoms with van der Waals surface area (Å²) >= 11 is 0. The van der Waals surface area contributed by atoms with Gasteiger partial charge in [0.25, 0.3) is 0 Å². The van der Waals surface area contributed by atoms with Crippen molar-refractivity contribution in [2.75, 3.05) is 20.7 Å². The molecule has 0 fully saturated rings. The molecule has 1 amide bonds. The van der Waals surface area contributed by atoms with Gasteiger partial charge in [0, 0.05) is 19.0 Å². The van der Waals surface area contributed by atoms with Crippen molar-refractivity contribution < 1.29 is 9.53 Å². The molecule has 0 saturated heterocycles. The zero-order valence-electron chi connectivity index (χ0n) is 12.0.